The molecule has 0 unspecified atom stereocenters. The van der Waals surface area contributed by atoms with Crippen molar-refractivity contribution in [3.05, 3.63) is 90.5 Å². The molecule has 0 saturated carbocycles. The summed E-state index contributed by atoms with van der Waals surface area (Å²) in [5, 5.41) is 5.22. The number of benzene rings is 3. The summed E-state index contributed by atoms with van der Waals surface area (Å²) in [6, 6.07) is 28.7. The summed E-state index contributed by atoms with van der Waals surface area (Å²) in [5.41, 5.74) is 7.76. The van der Waals surface area contributed by atoms with E-state index in [1.165, 1.54) is 6.92 Å². The van der Waals surface area contributed by atoms with E-state index in [4.69, 9.17) is 0 Å². The van der Waals surface area contributed by atoms with Crippen LogP contribution in [-0.2, 0) is 4.79 Å². The Bertz CT molecular complexity index is 1110. The molecular formula is C23H19N3O. The number of hydrogen-bond donors (Lipinski definition) is 1. The molecule has 4 aromatic rings. The van der Waals surface area contributed by atoms with Gasteiger partial charge in [0, 0.05) is 23.6 Å². The van der Waals surface area contributed by atoms with E-state index in [1.807, 2.05) is 48.5 Å². The van der Waals surface area contributed by atoms with Gasteiger partial charge in [-0.15, -0.1) is 0 Å². The van der Waals surface area contributed by atoms with Crippen LogP contribution in [0.2, 0.25) is 0 Å². The zero-order valence-corrected chi connectivity index (χ0v) is 15.0. The van der Waals surface area contributed by atoms with Gasteiger partial charge in [-0.25, -0.2) is 5.43 Å². The molecule has 0 aliphatic heterocycles. The van der Waals surface area contributed by atoms with Crippen molar-refractivity contribution in [2.45, 2.75) is 6.92 Å². The number of nitrogens with zero attached hydrogens (tertiary/aromatic N) is 2. The SMILES string of the molecule is CC(=O)N/N=C\c1c(-c2ccccc2)n(-c2ccccc2)c2ccccc12. The Kier molecular flexibility index (Phi) is 4.54. The molecule has 4 heteroatoms. The summed E-state index contributed by atoms with van der Waals surface area (Å²) in [5.74, 6) is -0.195. The Morgan fingerprint density at radius 2 is 1.52 bits per heavy atom. The van der Waals surface area contributed by atoms with Crippen LogP contribution < -0.4 is 5.43 Å². The van der Waals surface area contributed by atoms with E-state index >= 15 is 0 Å². The minimum absolute atomic E-state index is 0.195. The monoisotopic (exact) mass is 353 g/mol. The van der Waals surface area contributed by atoms with Gasteiger partial charge in [-0.05, 0) is 23.8 Å². The minimum Gasteiger partial charge on any atom is -0.309 e. The van der Waals surface area contributed by atoms with E-state index in [1.54, 1.807) is 6.21 Å². The maximum atomic E-state index is 11.2. The second-order valence-electron chi connectivity index (χ2n) is 6.24. The molecule has 1 N–H and O–H groups in total. The lowest BCUT2D eigenvalue weighted by atomic mass is 10.1. The lowest BCUT2D eigenvalue weighted by Crippen LogP contribution is -2.12. The standard InChI is InChI=1S/C23H19N3O/c1-17(27)25-24-16-21-20-14-8-9-15-22(20)26(19-12-6-3-7-13-19)23(21)18-10-4-2-5-11-18/h2-16H,1H3,(H,25,27)/b24-16-. The lowest BCUT2D eigenvalue weighted by molar-refractivity contribution is -0.118. The fourth-order valence-electron chi connectivity index (χ4n) is 3.31. The highest BCUT2D eigenvalue weighted by molar-refractivity contribution is 6.07. The molecule has 4 rings (SSSR count). The number of carbonyl (C=O) groups excluding carboxylic acids is 1. The fourth-order valence-corrected chi connectivity index (χ4v) is 3.31. The molecule has 0 aliphatic rings. The van der Waals surface area contributed by atoms with Gasteiger partial charge in [-0.3, -0.25) is 4.79 Å². The van der Waals surface area contributed by atoms with Crippen LogP contribution >= 0.6 is 0 Å². The normalized spacial score (nSPS) is 11.1. The number of para-hydroxylation sites is 2. The topological polar surface area (TPSA) is 46.4 Å². The van der Waals surface area contributed by atoms with Gasteiger partial charge in [-0.1, -0.05) is 66.7 Å². The molecule has 0 radical (unpaired) electrons. The van der Waals surface area contributed by atoms with E-state index in [0.717, 1.165) is 33.4 Å². The maximum Gasteiger partial charge on any atom is 0.236 e. The van der Waals surface area contributed by atoms with E-state index < -0.39 is 0 Å². The molecule has 0 bridgehead atoms. The molecule has 3 aromatic carbocycles. The number of rotatable bonds is 4. The van der Waals surface area contributed by atoms with Crippen molar-refractivity contribution >= 4 is 23.0 Å². The third-order valence-corrected chi connectivity index (χ3v) is 4.39. The first-order valence-corrected chi connectivity index (χ1v) is 8.79. The highest BCUT2D eigenvalue weighted by atomic mass is 16.2. The summed E-state index contributed by atoms with van der Waals surface area (Å²) in [7, 11) is 0. The number of aromatic nitrogens is 1. The highest BCUT2D eigenvalue weighted by Gasteiger charge is 2.18. The van der Waals surface area contributed by atoms with Crippen molar-refractivity contribution in [1.82, 2.24) is 9.99 Å². The van der Waals surface area contributed by atoms with E-state index in [0.29, 0.717) is 0 Å². The summed E-state index contributed by atoms with van der Waals surface area (Å²) < 4.78 is 2.24. The highest BCUT2D eigenvalue weighted by Crippen LogP contribution is 2.35. The molecule has 1 aromatic heterocycles. The van der Waals surface area contributed by atoms with Crippen molar-refractivity contribution in [2.75, 3.05) is 0 Å². The van der Waals surface area contributed by atoms with Crippen LogP contribution in [0.3, 0.4) is 0 Å². The van der Waals surface area contributed by atoms with Crippen LogP contribution in [0.4, 0.5) is 0 Å². The smallest absolute Gasteiger partial charge is 0.236 e. The summed E-state index contributed by atoms with van der Waals surface area (Å²) >= 11 is 0. The summed E-state index contributed by atoms with van der Waals surface area (Å²) in [4.78, 5) is 11.2. The van der Waals surface area contributed by atoms with Gasteiger partial charge < -0.3 is 4.57 Å². The third kappa shape index (κ3) is 3.25. The molecule has 0 saturated heterocycles. The zero-order chi connectivity index (χ0) is 18.6. The average molecular weight is 353 g/mol. The number of nitrogens with one attached hydrogen (secondary N) is 1. The Labute approximate surface area is 157 Å². The largest absolute Gasteiger partial charge is 0.309 e. The van der Waals surface area contributed by atoms with Gasteiger partial charge in [0.15, 0.2) is 0 Å². The fraction of sp³-hybridized carbons (Fsp3) is 0.0435. The summed E-state index contributed by atoms with van der Waals surface area (Å²) in [6.07, 6.45) is 1.73. The molecule has 0 atom stereocenters. The van der Waals surface area contributed by atoms with Gasteiger partial charge in [0.1, 0.15) is 0 Å². The van der Waals surface area contributed by atoms with Crippen LogP contribution in [0.1, 0.15) is 12.5 Å². The summed E-state index contributed by atoms with van der Waals surface area (Å²) in [6.45, 7) is 1.45. The number of amides is 1. The second kappa shape index (κ2) is 7.30. The van der Waals surface area contributed by atoms with Crippen LogP contribution in [0.5, 0.6) is 0 Å². The van der Waals surface area contributed by atoms with Crippen LogP contribution in [0.15, 0.2) is 90.0 Å². The van der Waals surface area contributed by atoms with Gasteiger partial charge in [0.25, 0.3) is 0 Å². The van der Waals surface area contributed by atoms with E-state index in [9.17, 15) is 4.79 Å². The van der Waals surface area contributed by atoms with E-state index in [-0.39, 0.29) is 5.91 Å². The number of fused-ring (bicyclic) bond motifs is 1. The lowest BCUT2D eigenvalue weighted by Gasteiger charge is -2.12. The molecular weight excluding hydrogens is 334 g/mol. The number of hydrazone groups is 1. The third-order valence-electron chi connectivity index (χ3n) is 4.39. The van der Waals surface area contributed by atoms with Crippen molar-refractivity contribution in [3.8, 4) is 16.9 Å². The molecule has 0 spiro atoms. The molecule has 0 aliphatic carbocycles. The van der Waals surface area contributed by atoms with Gasteiger partial charge >= 0.3 is 0 Å². The van der Waals surface area contributed by atoms with E-state index in [2.05, 4.69) is 51.5 Å². The van der Waals surface area contributed by atoms with Crippen molar-refractivity contribution in [3.63, 3.8) is 0 Å². The first-order chi connectivity index (χ1) is 13.3. The van der Waals surface area contributed by atoms with Gasteiger partial charge in [0.2, 0.25) is 5.91 Å². The van der Waals surface area contributed by atoms with Crippen molar-refractivity contribution in [1.29, 1.82) is 0 Å². The molecule has 27 heavy (non-hydrogen) atoms. The van der Waals surface area contributed by atoms with Crippen LogP contribution in [0.25, 0.3) is 27.8 Å². The Morgan fingerprint density at radius 1 is 0.889 bits per heavy atom. The van der Waals surface area contributed by atoms with Crippen molar-refractivity contribution < 1.29 is 4.79 Å². The molecule has 4 nitrogen and oxygen atoms in total. The second-order valence-corrected chi connectivity index (χ2v) is 6.24. The van der Waals surface area contributed by atoms with Gasteiger partial charge in [-0.2, -0.15) is 5.10 Å². The quantitative estimate of drug-likeness (QED) is 0.417. The molecule has 132 valence electrons. The first-order valence-electron chi connectivity index (χ1n) is 8.79. The predicted octanol–water partition coefficient (Wildman–Crippen LogP) is 4.77. The van der Waals surface area contributed by atoms with Gasteiger partial charge in [0.05, 0.1) is 17.4 Å². The Hall–Kier alpha value is -3.66. The van der Waals surface area contributed by atoms with Crippen LogP contribution in [0, 0.1) is 0 Å². The average Bonchev–Trinajstić information content (AvgIpc) is 3.03. The molecule has 1 heterocycles. The number of hydrogen-bond acceptors (Lipinski definition) is 2. The first kappa shape index (κ1) is 16.8. The molecule has 1 amide bonds. The zero-order valence-electron chi connectivity index (χ0n) is 15.0. The minimum atomic E-state index is -0.195. The Morgan fingerprint density at radius 3 is 2.22 bits per heavy atom. The maximum absolute atomic E-state index is 11.2. The Balaban J connectivity index is 2.06. The van der Waals surface area contributed by atoms with Crippen molar-refractivity contribution in [2.24, 2.45) is 5.10 Å². The molecule has 0 fully saturated rings. The predicted molar refractivity (Wildman–Crippen MR) is 110 cm³/mol. The number of carbonyl (C=O) groups is 1. The van der Waals surface area contributed by atoms with Crippen LogP contribution in [-0.4, -0.2) is 16.7 Å².